The zero-order valence-corrected chi connectivity index (χ0v) is 12.9. The summed E-state index contributed by atoms with van der Waals surface area (Å²) in [6, 6.07) is 8.03. The van der Waals surface area contributed by atoms with Crippen LogP contribution < -0.4 is 0 Å². The fourth-order valence-corrected chi connectivity index (χ4v) is 3.25. The monoisotopic (exact) mass is 366 g/mol. The second kappa shape index (κ2) is 5.10. The van der Waals surface area contributed by atoms with E-state index in [4.69, 9.17) is 9.97 Å². The number of rotatable bonds is 0. The Morgan fingerprint density at radius 2 is 1.28 bits per heavy atom. The second-order valence-corrected chi connectivity index (χ2v) is 6.57. The van der Waals surface area contributed by atoms with Crippen LogP contribution in [0.3, 0.4) is 0 Å². The van der Waals surface area contributed by atoms with Gasteiger partial charge in [-0.2, -0.15) is 0 Å². The molecule has 1 aromatic carbocycles. The van der Waals surface area contributed by atoms with Crippen LogP contribution in [0.1, 0.15) is 33.9 Å². The van der Waals surface area contributed by atoms with Crippen LogP contribution in [0.5, 0.6) is 0 Å². The molecule has 0 saturated heterocycles. The maximum Gasteiger partial charge on any atom is 0.0890 e. The van der Waals surface area contributed by atoms with E-state index in [1.807, 2.05) is 24.3 Å². The minimum absolute atomic E-state index is 0.237. The summed E-state index contributed by atoms with van der Waals surface area (Å²) in [5.74, 6) is 0. The average molecular weight is 368 g/mol. The van der Waals surface area contributed by atoms with Crippen LogP contribution in [0.4, 0.5) is 0 Å². The third kappa shape index (κ3) is 2.24. The summed E-state index contributed by atoms with van der Waals surface area (Å²) in [6.45, 7) is 0. The summed E-state index contributed by atoms with van der Waals surface area (Å²) in [6.07, 6.45) is 6.32. The van der Waals surface area contributed by atoms with Crippen molar-refractivity contribution < 1.29 is 0 Å². The number of alkyl halides is 2. The van der Waals surface area contributed by atoms with Crippen LogP contribution in [0, 0.1) is 0 Å². The summed E-state index contributed by atoms with van der Waals surface area (Å²) in [4.78, 5) is 10.0. The third-order valence-electron chi connectivity index (χ3n) is 3.07. The number of aromatic nitrogens is 2. The molecular formula is C14H12Br2N2. The number of halogens is 2. The Kier molecular flexibility index (Phi) is 3.48. The lowest BCUT2D eigenvalue weighted by Gasteiger charge is -2.18. The van der Waals surface area contributed by atoms with Crippen molar-refractivity contribution in [1.29, 1.82) is 0 Å². The maximum atomic E-state index is 4.78. The van der Waals surface area contributed by atoms with Crippen LogP contribution >= 0.6 is 31.9 Å². The van der Waals surface area contributed by atoms with Crippen LogP contribution in [-0.4, -0.2) is 9.97 Å². The van der Waals surface area contributed by atoms with E-state index in [1.165, 1.54) is 0 Å². The first kappa shape index (κ1) is 12.3. The molecule has 2 unspecified atom stereocenters. The van der Waals surface area contributed by atoms with Crippen molar-refractivity contribution in [1.82, 2.24) is 9.97 Å². The average Bonchev–Trinajstić information content (AvgIpc) is 2.40. The highest BCUT2D eigenvalue weighted by atomic mass is 79.9. The molecule has 92 valence electrons. The van der Waals surface area contributed by atoms with Gasteiger partial charge in [0.15, 0.2) is 0 Å². The summed E-state index contributed by atoms with van der Waals surface area (Å²) in [7, 11) is 0. The molecule has 0 fully saturated rings. The first-order valence-corrected chi connectivity index (χ1v) is 7.78. The van der Waals surface area contributed by atoms with Crippen LogP contribution in [-0.2, 0) is 0 Å². The van der Waals surface area contributed by atoms with Gasteiger partial charge in [0, 0.05) is 0 Å². The lowest BCUT2D eigenvalue weighted by molar-refractivity contribution is 0.822. The Balaban J connectivity index is 2.23. The minimum atomic E-state index is 0.237. The fourth-order valence-electron chi connectivity index (χ4n) is 2.14. The Morgan fingerprint density at radius 1 is 0.833 bits per heavy atom. The van der Waals surface area contributed by atoms with E-state index >= 15 is 0 Å². The van der Waals surface area contributed by atoms with E-state index in [1.54, 1.807) is 0 Å². The number of hydrogen-bond acceptors (Lipinski definition) is 2. The van der Waals surface area contributed by atoms with Crippen molar-refractivity contribution >= 4 is 42.9 Å². The van der Waals surface area contributed by atoms with Gasteiger partial charge in [0.25, 0.3) is 0 Å². The van der Waals surface area contributed by atoms with E-state index in [0.717, 1.165) is 35.3 Å². The first-order chi connectivity index (χ1) is 8.75. The van der Waals surface area contributed by atoms with Gasteiger partial charge in [0.2, 0.25) is 0 Å². The molecular weight excluding hydrogens is 356 g/mol. The minimum Gasteiger partial charge on any atom is -0.248 e. The van der Waals surface area contributed by atoms with E-state index < -0.39 is 0 Å². The zero-order chi connectivity index (χ0) is 12.5. The highest BCUT2D eigenvalue weighted by molar-refractivity contribution is 9.09. The summed E-state index contributed by atoms with van der Waals surface area (Å²) in [5, 5.41) is 0. The molecule has 1 aliphatic rings. The standard InChI is InChI=1S/C14H12Br2N2/c15-9-5-1-2-6-10(16)14-13(9)17-11-7-3-4-8-12(11)18-14/h1-4,7-10H,5-6H2. The number of hydrogen-bond donors (Lipinski definition) is 0. The second-order valence-electron chi connectivity index (χ2n) is 4.36. The number of benzene rings is 1. The molecule has 0 N–H and O–H groups in total. The molecule has 1 heterocycles. The molecule has 2 aromatic rings. The lowest BCUT2D eigenvalue weighted by atomic mass is 10.1. The molecule has 3 rings (SSSR count). The normalized spacial score (nSPS) is 23.4. The smallest absolute Gasteiger partial charge is 0.0890 e. The van der Waals surface area contributed by atoms with E-state index in [9.17, 15) is 0 Å². The van der Waals surface area contributed by atoms with Crippen molar-refractivity contribution in [3.63, 3.8) is 0 Å². The molecule has 2 atom stereocenters. The lowest BCUT2D eigenvalue weighted by Crippen LogP contribution is -2.07. The van der Waals surface area contributed by atoms with Gasteiger partial charge in [-0.1, -0.05) is 56.1 Å². The third-order valence-corrected chi connectivity index (χ3v) is 4.69. The van der Waals surface area contributed by atoms with E-state index in [0.29, 0.717) is 0 Å². The van der Waals surface area contributed by atoms with Crippen LogP contribution in [0.15, 0.2) is 36.4 Å². The Hall–Kier alpha value is -0.740. The highest BCUT2D eigenvalue weighted by Gasteiger charge is 2.22. The van der Waals surface area contributed by atoms with Gasteiger partial charge >= 0.3 is 0 Å². The summed E-state index contributed by atoms with van der Waals surface area (Å²) in [5.41, 5.74) is 4.04. The molecule has 0 saturated carbocycles. The highest BCUT2D eigenvalue weighted by Crippen LogP contribution is 2.37. The molecule has 0 amide bonds. The molecule has 1 aliphatic carbocycles. The Labute approximate surface area is 123 Å². The van der Waals surface area contributed by atoms with E-state index in [2.05, 4.69) is 44.0 Å². The fraction of sp³-hybridized carbons (Fsp3) is 0.286. The van der Waals surface area contributed by atoms with Gasteiger partial charge in [-0.3, -0.25) is 0 Å². The Morgan fingerprint density at radius 3 is 1.72 bits per heavy atom. The molecule has 4 heteroatoms. The largest absolute Gasteiger partial charge is 0.248 e. The van der Waals surface area contributed by atoms with Gasteiger partial charge in [0.1, 0.15) is 0 Å². The van der Waals surface area contributed by atoms with Gasteiger partial charge in [-0.25, -0.2) is 9.97 Å². The Bertz CT molecular complexity index is 557. The topological polar surface area (TPSA) is 25.8 Å². The van der Waals surface area contributed by atoms with Crippen molar-refractivity contribution in [3.05, 3.63) is 47.8 Å². The SMILES string of the molecule is BrC1CC=CCC(Br)c2nc3ccccc3nc21. The molecule has 0 bridgehead atoms. The van der Waals surface area contributed by atoms with Crippen LogP contribution in [0.25, 0.3) is 11.0 Å². The van der Waals surface area contributed by atoms with Gasteiger partial charge in [-0.15, -0.1) is 0 Å². The molecule has 18 heavy (non-hydrogen) atoms. The number of allylic oxidation sites excluding steroid dienone is 2. The number of fused-ring (bicyclic) bond motifs is 2. The quantitative estimate of drug-likeness (QED) is 0.491. The number of para-hydroxylation sites is 2. The first-order valence-electron chi connectivity index (χ1n) is 5.95. The maximum absolute atomic E-state index is 4.78. The van der Waals surface area contributed by atoms with Crippen LogP contribution in [0.2, 0.25) is 0 Å². The summed E-state index contributed by atoms with van der Waals surface area (Å²) < 4.78 is 0. The predicted molar refractivity (Wildman–Crippen MR) is 81.2 cm³/mol. The molecule has 0 spiro atoms. The molecule has 0 radical (unpaired) electrons. The summed E-state index contributed by atoms with van der Waals surface area (Å²) >= 11 is 7.42. The zero-order valence-electron chi connectivity index (χ0n) is 9.68. The predicted octanol–water partition coefficient (Wildman–Crippen LogP) is 4.85. The molecule has 1 aromatic heterocycles. The molecule has 0 aliphatic heterocycles. The van der Waals surface area contributed by atoms with Crippen molar-refractivity contribution in [2.75, 3.05) is 0 Å². The van der Waals surface area contributed by atoms with Crippen molar-refractivity contribution in [2.45, 2.75) is 22.5 Å². The van der Waals surface area contributed by atoms with E-state index in [-0.39, 0.29) is 9.65 Å². The molecule has 2 nitrogen and oxygen atoms in total. The van der Waals surface area contributed by atoms with Gasteiger partial charge < -0.3 is 0 Å². The van der Waals surface area contributed by atoms with Gasteiger partial charge in [-0.05, 0) is 25.0 Å². The van der Waals surface area contributed by atoms with Crippen molar-refractivity contribution in [2.24, 2.45) is 0 Å². The number of nitrogens with zero attached hydrogens (tertiary/aromatic N) is 2. The van der Waals surface area contributed by atoms with Gasteiger partial charge in [0.05, 0.1) is 32.1 Å². The van der Waals surface area contributed by atoms with Crippen molar-refractivity contribution in [3.8, 4) is 0 Å².